The summed E-state index contributed by atoms with van der Waals surface area (Å²) in [5, 5.41) is 11.7. The van der Waals surface area contributed by atoms with Crippen molar-refractivity contribution in [1.82, 2.24) is 10.2 Å². The number of nitrogens with zero attached hydrogens (tertiary/aromatic N) is 1. The number of nitrogens with one attached hydrogen (secondary N) is 1. The van der Waals surface area contributed by atoms with Gasteiger partial charge in [0.15, 0.2) is 0 Å². The Bertz CT molecular complexity index is 764. The Hall–Kier alpha value is -1.42. The van der Waals surface area contributed by atoms with Gasteiger partial charge >= 0.3 is 5.97 Å². The van der Waals surface area contributed by atoms with E-state index in [1.54, 1.807) is 32.0 Å². The Morgan fingerprint density at radius 3 is 2.26 bits per heavy atom. The zero-order chi connectivity index (χ0) is 19.2. The average Bonchev–Trinajstić information content (AvgIpc) is 2.86. The molecule has 2 fully saturated rings. The number of amides is 2. The van der Waals surface area contributed by atoms with Gasteiger partial charge in [0, 0.05) is 34.3 Å². The van der Waals surface area contributed by atoms with Crippen LogP contribution in [-0.4, -0.2) is 93.8 Å². The molecule has 0 spiro atoms. The van der Waals surface area contributed by atoms with Crippen molar-refractivity contribution >= 4 is 59.1 Å². The SMILES string of the molecule is COc1cccc(OC)c1C(=O)N[C@@H]1C(=O)N2[C@@H]1SC(C)(C)[C@@H]2C(=O)O.[Na]. The van der Waals surface area contributed by atoms with Gasteiger partial charge in [-0.15, -0.1) is 11.8 Å². The van der Waals surface area contributed by atoms with E-state index in [1.165, 1.54) is 30.9 Å². The number of methoxy groups -OCH3 is 2. The van der Waals surface area contributed by atoms with E-state index in [0.717, 1.165) is 0 Å². The van der Waals surface area contributed by atoms with E-state index in [9.17, 15) is 19.5 Å². The number of rotatable bonds is 5. The van der Waals surface area contributed by atoms with Crippen molar-refractivity contribution in [2.24, 2.45) is 0 Å². The Morgan fingerprint density at radius 1 is 1.22 bits per heavy atom. The van der Waals surface area contributed by atoms with Gasteiger partial charge in [-0.2, -0.15) is 0 Å². The Morgan fingerprint density at radius 2 is 1.78 bits per heavy atom. The van der Waals surface area contributed by atoms with Crippen LogP contribution in [0.2, 0.25) is 0 Å². The van der Waals surface area contributed by atoms with Gasteiger partial charge in [-0.25, -0.2) is 4.79 Å². The quantitative estimate of drug-likeness (QED) is 0.547. The first-order chi connectivity index (χ1) is 12.2. The summed E-state index contributed by atoms with van der Waals surface area (Å²) in [4.78, 5) is 38.1. The molecule has 8 nitrogen and oxygen atoms in total. The number of carboxylic acid groups (broad SMARTS) is 1. The smallest absolute Gasteiger partial charge is 0.327 e. The molecule has 0 unspecified atom stereocenters. The van der Waals surface area contributed by atoms with Crippen molar-refractivity contribution in [1.29, 1.82) is 0 Å². The van der Waals surface area contributed by atoms with Crippen molar-refractivity contribution in [2.45, 2.75) is 36.1 Å². The minimum Gasteiger partial charge on any atom is -0.496 e. The predicted molar refractivity (Wildman–Crippen MR) is 100 cm³/mol. The molecule has 141 valence electrons. The predicted octanol–water partition coefficient (Wildman–Crippen LogP) is 0.568. The molecule has 0 aromatic heterocycles. The summed E-state index contributed by atoms with van der Waals surface area (Å²) in [6, 6.07) is 3.24. The fourth-order valence-electron chi connectivity index (χ4n) is 3.43. The second kappa shape index (κ2) is 7.90. The molecule has 0 bridgehead atoms. The van der Waals surface area contributed by atoms with E-state index in [-0.39, 0.29) is 35.1 Å². The van der Waals surface area contributed by atoms with Gasteiger partial charge in [-0.1, -0.05) is 6.07 Å². The van der Waals surface area contributed by atoms with Crippen LogP contribution in [0.4, 0.5) is 0 Å². The molecule has 27 heavy (non-hydrogen) atoms. The average molecular weight is 403 g/mol. The fraction of sp³-hybridized carbons (Fsp3) is 0.471. The van der Waals surface area contributed by atoms with Gasteiger partial charge in [0.1, 0.15) is 34.5 Å². The number of ether oxygens (including phenoxy) is 2. The van der Waals surface area contributed by atoms with E-state index < -0.39 is 40.0 Å². The van der Waals surface area contributed by atoms with Gasteiger partial charge in [0.2, 0.25) is 5.91 Å². The number of fused-ring (bicyclic) bond motifs is 1. The number of hydrogen-bond acceptors (Lipinski definition) is 6. The van der Waals surface area contributed by atoms with Crippen LogP contribution in [0.5, 0.6) is 11.5 Å². The summed E-state index contributed by atoms with van der Waals surface area (Å²) in [7, 11) is 2.88. The third-order valence-corrected chi connectivity index (χ3v) is 6.19. The van der Waals surface area contributed by atoms with Crippen LogP contribution >= 0.6 is 11.8 Å². The summed E-state index contributed by atoms with van der Waals surface area (Å²) >= 11 is 1.37. The van der Waals surface area contributed by atoms with Gasteiger partial charge < -0.3 is 24.8 Å². The van der Waals surface area contributed by atoms with E-state index in [4.69, 9.17) is 9.47 Å². The van der Waals surface area contributed by atoms with Crippen molar-refractivity contribution in [2.75, 3.05) is 14.2 Å². The molecule has 3 atom stereocenters. The monoisotopic (exact) mass is 403 g/mol. The third-order valence-electron chi connectivity index (χ3n) is 4.62. The normalized spacial score (nSPS) is 25.0. The molecule has 3 rings (SSSR count). The largest absolute Gasteiger partial charge is 0.496 e. The number of β-lactam (4-membered cyclic amide) rings is 1. The van der Waals surface area contributed by atoms with Gasteiger partial charge in [-0.3, -0.25) is 9.59 Å². The minimum absolute atomic E-state index is 0. The van der Waals surface area contributed by atoms with Crippen molar-refractivity contribution in [3.8, 4) is 11.5 Å². The molecule has 1 aromatic rings. The summed E-state index contributed by atoms with van der Waals surface area (Å²) in [6.07, 6.45) is 0. The van der Waals surface area contributed by atoms with Crippen molar-refractivity contribution in [3.05, 3.63) is 23.8 Å². The van der Waals surface area contributed by atoms with Crippen LogP contribution in [0.1, 0.15) is 24.2 Å². The summed E-state index contributed by atoms with van der Waals surface area (Å²) in [5.74, 6) is -1.30. The van der Waals surface area contributed by atoms with Crippen LogP contribution in [0.25, 0.3) is 0 Å². The van der Waals surface area contributed by atoms with Crippen LogP contribution in [0.3, 0.4) is 0 Å². The third kappa shape index (κ3) is 3.53. The molecule has 2 heterocycles. The molecule has 1 aromatic carbocycles. The molecule has 0 aliphatic carbocycles. The zero-order valence-electron chi connectivity index (χ0n) is 15.8. The molecule has 2 aliphatic heterocycles. The maximum absolute atomic E-state index is 12.8. The first-order valence-electron chi connectivity index (χ1n) is 7.97. The van der Waals surface area contributed by atoms with Gasteiger partial charge in [0.05, 0.1) is 14.2 Å². The molecule has 2 N–H and O–H groups in total. The maximum Gasteiger partial charge on any atom is 0.327 e. The molecule has 2 saturated heterocycles. The molecular formula is C17H20N2NaO6S. The number of carbonyl (C=O) groups excluding carboxylic acids is 2. The Balaban J connectivity index is 0.00000261. The number of hydrogen-bond donors (Lipinski definition) is 2. The van der Waals surface area contributed by atoms with E-state index in [1.807, 2.05) is 0 Å². The van der Waals surface area contributed by atoms with E-state index in [2.05, 4.69) is 5.32 Å². The fourth-order valence-corrected chi connectivity index (χ4v) is 5.06. The number of carbonyl (C=O) groups is 3. The maximum atomic E-state index is 12.8. The molecule has 10 heteroatoms. The number of aliphatic carboxylic acids is 1. The number of thioether (sulfide) groups is 1. The van der Waals surface area contributed by atoms with Crippen LogP contribution < -0.4 is 14.8 Å². The van der Waals surface area contributed by atoms with E-state index in [0.29, 0.717) is 11.5 Å². The molecular weight excluding hydrogens is 383 g/mol. The number of carboxylic acids is 1. The van der Waals surface area contributed by atoms with Crippen molar-refractivity contribution < 1.29 is 29.0 Å². The Kier molecular flexibility index (Phi) is 6.40. The molecule has 1 radical (unpaired) electrons. The topological polar surface area (TPSA) is 105 Å². The molecule has 0 saturated carbocycles. The van der Waals surface area contributed by atoms with Gasteiger partial charge in [0.25, 0.3) is 5.91 Å². The molecule has 2 aliphatic rings. The summed E-state index contributed by atoms with van der Waals surface area (Å²) in [6.45, 7) is 3.56. The standard InChI is InChI=1S/C17H20N2O6S.Na/c1-17(2)12(16(22)23)19-14(21)11(15(19)26-17)18-13(20)10-8(24-3)6-5-7-9(10)25-4;/h5-7,11-12,15H,1-4H3,(H,18,20)(H,22,23);/t11-,12+,15-;/m1./s1. The van der Waals surface area contributed by atoms with Crippen molar-refractivity contribution in [3.63, 3.8) is 0 Å². The van der Waals surface area contributed by atoms with E-state index >= 15 is 0 Å². The number of benzene rings is 1. The van der Waals surface area contributed by atoms with Crippen LogP contribution in [0, 0.1) is 0 Å². The summed E-state index contributed by atoms with van der Waals surface area (Å²) in [5.41, 5.74) is 0.195. The molecule has 2 amide bonds. The Labute approximate surface area is 183 Å². The minimum atomic E-state index is -1.05. The first kappa shape index (κ1) is 21.9. The second-order valence-electron chi connectivity index (χ2n) is 6.59. The second-order valence-corrected chi connectivity index (χ2v) is 8.36. The first-order valence-corrected chi connectivity index (χ1v) is 8.85. The van der Waals surface area contributed by atoms with Crippen LogP contribution in [-0.2, 0) is 9.59 Å². The zero-order valence-corrected chi connectivity index (χ0v) is 18.6. The summed E-state index contributed by atoms with van der Waals surface area (Å²) < 4.78 is 9.79. The van der Waals surface area contributed by atoms with Gasteiger partial charge in [-0.05, 0) is 26.0 Å². The van der Waals surface area contributed by atoms with Crippen LogP contribution in [0.15, 0.2) is 18.2 Å².